The maximum atomic E-state index is 5.82. The standard InChI is InChI=1S/C14H13IN2/c15-12-2-1-3-14(7-12)17-8-10-4-5-13(16)6-11(10)9-17/h1-7H,8-9,16H2. The zero-order valence-corrected chi connectivity index (χ0v) is 11.5. The van der Waals surface area contributed by atoms with Crippen molar-refractivity contribution in [1.82, 2.24) is 0 Å². The molecule has 0 spiro atoms. The Bertz CT molecular complexity index is 566. The second kappa shape index (κ2) is 4.22. The Balaban J connectivity index is 1.91. The lowest BCUT2D eigenvalue weighted by Crippen LogP contribution is -2.14. The van der Waals surface area contributed by atoms with Crippen LogP contribution in [0.1, 0.15) is 11.1 Å². The molecule has 0 saturated carbocycles. The maximum Gasteiger partial charge on any atom is 0.0437 e. The van der Waals surface area contributed by atoms with Crippen molar-refractivity contribution >= 4 is 34.0 Å². The van der Waals surface area contributed by atoms with Crippen LogP contribution in [-0.2, 0) is 13.1 Å². The highest BCUT2D eigenvalue weighted by Crippen LogP contribution is 2.29. The van der Waals surface area contributed by atoms with Crippen LogP contribution in [0.3, 0.4) is 0 Å². The van der Waals surface area contributed by atoms with E-state index >= 15 is 0 Å². The van der Waals surface area contributed by atoms with Crippen LogP contribution in [0.2, 0.25) is 0 Å². The molecule has 0 aliphatic carbocycles. The molecule has 0 radical (unpaired) electrons. The number of rotatable bonds is 1. The minimum atomic E-state index is 0.855. The summed E-state index contributed by atoms with van der Waals surface area (Å²) in [6, 6.07) is 14.8. The van der Waals surface area contributed by atoms with Gasteiger partial charge >= 0.3 is 0 Å². The predicted octanol–water partition coefficient (Wildman–Crippen LogP) is 3.39. The van der Waals surface area contributed by atoms with Gasteiger partial charge in [0.1, 0.15) is 0 Å². The predicted molar refractivity (Wildman–Crippen MR) is 79.9 cm³/mol. The van der Waals surface area contributed by atoms with Gasteiger partial charge in [-0.3, -0.25) is 0 Å². The van der Waals surface area contributed by atoms with E-state index in [2.05, 4.69) is 63.9 Å². The summed E-state index contributed by atoms with van der Waals surface area (Å²) in [6.07, 6.45) is 0. The normalized spacial score (nSPS) is 13.8. The average molecular weight is 336 g/mol. The van der Waals surface area contributed by atoms with Crippen molar-refractivity contribution in [2.75, 3.05) is 10.6 Å². The van der Waals surface area contributed by atoms with Gasteiger partial charge in [0.15, 0.2) is 0 Å². The zero-order valence-electron chi connectivity index (χ0n) is 9.36. The number of anilines is 2. The van der Waals surface area contributed by atoms with Crippen molar-refractivity contribution in [1.29, 1.82) is 0 Å². The lowest BCUT2D eigenvalue weighted by atomic mass is 10.1. The topological polar surface area (TPSA) is 29.3 Å². The van der Waals surface area contributed by atoms with Crippen molar-refractivity contribution in [3.8, 4) is 0 Å². The zero-order chi connectivity index (χ0) is 11.8. The first-order valence-electron chi connectivity index (χ1n) is 5.60. The Hall–Kier alpha value is -1.23. The Kier molecular flexibility index (Phi) is 2.70. The van der Waals surface area contributed by atoms with Gasteiger partial charge in [-0.1, -0.05) is 12.1 Å². The molecular weight excluding hydrogens is 323 g/mol. The molecule has 3 rings (SSSR count). The Morgan fingerprint density at radius 3 is 2.65 bits per heavy atom. The molecule has 2 aromatic carbocycles. The second-order valence-corrected chi connectivity index (χ2v) is 5.61. The van der Waals surface area contributed by atoms with Crippen molar-refractivity contribution in [3.05, 3.63) is 57.2 Å². The summed E-state index contributed by atoms with van der Waals surface area (Å²) in [5.41, 5.74) is 10.7. The van der Waals surface area contributed by atoms with Crippen molar-refractivity contribution in [3.63, 3.8) is 0 Å². The van der Waals surface area contributed by atoms with Crippen molar-refractivity contribution in [2.24, 2.45) is 0 Å². The molecule has 0 bridgehead atoms. The third-order valence-electron chi connectivity index (χ3n) is 3.13. The highest BCUT2D eigenvalue weighted by atomic mass is 127. The van der Waals surface area contributed by atoms with Gasteiger partial charge in [0, 0.05) is 28.0 Å². The third kappa shape index (κ3) is 2.11. The SMILES string of the molecule is Nc1ccc2c(c1)CN(c1cccc(I)c1)C2. The number of nitrogen functional groups attached to an aromatic ring is 1. The molecule has 2 N–H and O–H groups in total. The van der Waals surface area contributed by atoms with Crippen LogP contribution >= 0.6 is 22.6 Å². The van der Waals surface area contributed by atoms with Gasteiger partial charge < -0.3 is 10.6 Å². The van der Waals surface area contributed by atoms with Gasteiger partial charge in [0.25, 0.3) is 0 Å². The number of hydrogen-bond acceptors (Lipinski definition) is 2. The van der Waals surface area contributed by atoms with Crippen LogP contribution in [-0.4, -0.2) is 0 Å². The summed E-state index contributed by atoms with van der Waals surface area (Å²) in [7, 11) is 0. The van der Waals surface area contributed by atoms with Crippen molar-refractivity contribution < 1.29 is 0 Å². The van der Waals surface area contributed by atoms with E-state index in [1.54, 1.807) is 0 Å². The van der Waals surface area contributed by atoms with Crippen LogP contribution in [0.5, 0.6) is 0 Å². The largest absolute Gasteiger partial charge is 0.399 e. The Morgan fingerprint density at radius 1 is 1.00 bits per heavy atom. The molecule has 0 atom stereocenters. The van der Waals surface area contributed by atoms with Gasteiger partial charge in [0.2, 0.25) is 0 Å². The third-order valence-corrected chi connectivity index (χ3v) is 3.80. The molecule has 3 heteroatoms. The number of fused-ring (bicyclic) bond motifs is 1. The molecule has 0 fully saturated rings. The molecule has 0 unspecified atom stereocenters. The second-order valence-electron chi connectivity index (χ2n) is 4.36. The molecule has 86 valence electrons. The monoisotopic (exact) mass is 336 g/mol. The molecule has 1 aliphatic rings. The number of hydrogen-bond donors (Lipinski definition) is 1. The molecule has 2 aromatic rings. The van der Waals surface area contributed by atoms with Crippen LogP contribution in [0.25, 0.3) is 0 Å². The van der Waals surface area contributed by atoms with Crippen LogP contribution in [0.15, 0.2) is 42.5 Å². The fraction of sp³-hybridized carbons (Fsp3) is 0.143. The quantitative estimate of drug-likeness (QED) is 0.639. The van der Waals surface area contributed by atoms with Crippen LogP contribution < -0.4 is 10.6 Å². The Labute approximate surface area is 115 Å². The fourth-order valence-corrected chi connectivity index (χ4v) is 2.80. The Morgan fingerprint density at radius 2 is 1.82 bits per heavy atom. The van der Waals surface area contributed by atoms with Gasteiger partial charge in [-0.05, 0) is 64.0 Å². The number of benzene rings is 2. The molecule has 2 nitrogen and oxygen atoms in total. The van der Waals surface area contributed by atoms with Gasteiger partial charge in [-0.15, -0.1) is 0 Å². The highest BCUT2D eigenvalue weighted by molar-refractivity contribution is 14.1. The number of halogens is 1. The minimum absolute atomic E-state index is 0.855. The van der Waals surface area contributed by atoms with E-state index in [1.165, 1.54) is 20.4 Å². The first-order chi connectivity index (χ1) is 8.22. The first-order valence-corrected chi connectivity index (χ1v) is 6.68. The lowest BCUT2D eigenvalue weighted by Gasteiger charge is -2.17. The van der Waals surface area contributed by atoms with Crippen LogP contribution in [0, 0.1) is 3.57 Å². The molecule has 17 heavy (non-hydrogen) atoms. The van der Waals surface area contributed by atoms with E-state index in [-0.39, 0.29) is 0 Å². The minimum Gasteiger partial charge on any atom is -0.399 e. The summed E-state index contributed by atoms with van der Waals surface area (Å²) in [5, 5.41) is 0. The number of nitrogens with zero attached hydrogens (tertiary/aromatic N) is 1. The summed E-state index contributed by atoms with van der Waals surface area (Å²) >= 11 is 2.35. The van der Waals surface area contributed by atoms with E-state index in [9.17, 15) is 0 Å². The smallest absolute Gasteiger partial charge is 0.0437 e. The first kappa shape index (κ1) is 10.9. The average Bonchev–Trinajstić information content (AvgIpc) is 2.72. The van der Waals surface area contributed by atoms with Crippen LogP contribution in [0.4, 0.5) is 11.4 Å². The van der Waals surface area contributed by atoms with E-state index in [1.807, 2.05) is 6.07 Å². The molecule has 0 aromatic heterocycles. The van der Waals surface area contributed by atoms with E-state index in [0.717, 1.165) is 18.8 Å². The summed E-state index contributed by atoms with van der Waals surface area (Å²) in [6.45, 7) is 1.94. The molecule has 0 saturated heterocycles. The molecular formula is C14H13IN2. The van der Waals surface area contributed by atoms with E-state index in [0.29, 0.717) is 0 Å². The van der Waals surface area contributed by atoms with E-state index < -0.39 is 0 Å². The van der Waals surface area contributed by atoms with Gasteiger partial charge in [0.05, 0.1) is 0 Å². The highest BCUT2D eigenvalue weighted by Gasteiger charge is 2.19. The molecule has 1 heterocycles. The summed E-state index contributed by atoms with van der Waals surface area (Å²) in [4.78, 5) is 2.38. The lowest BCUT2D eigenvalue weighted by molar-refractivity contribution is 0.880. The number of nitrogens with two attached hydrogens (primary N) is 1. The van der Waals surface area contributed by atoms with Gasteiger partial charge in [-0.2, -0.15) is 0 Å². The summed E-state index contributed by atoms with van der Waals surface area (Å²) in [5.74, 6) is 0. The van der Waals surface area contributed by atoms with E-state index in [4.69, 9.17) is 5.73 Å². The fourth-order valence-electron chi connectivity index (χ4n) is 2.27. The molecule has 0 amide bonds. The maximum absolute atomic E-state index is 5.82. The van der Waals surface area contributed by atoms with Crippen molar-refractivity contribution in [2.45, 2.75) is 13.1 Å². The van der Waals surface area contributed by atoms with Gasteiger partial charge in [-0.25, -0.2) is 0 Å². The molecule has 1 aliphatic heterocycles. The summed E-state index contributed by atoms with van der Waals surface area (Å²) < 4.78 is 1.27.